The molecule has 0 fully saturated rings. The Bertz CT molecular complexity index is 47.7. The summed E-state index contributed by atoms with van der Waals surface area (Å²) in [6.07, 6.45) is 0.918. The van der Waals surface area contributed by atoms with Crippen LogP contribution in [0.3, 0.4) is 0 Å². The monoisotopic (exact) mass is 133 g/mol. The van der Waals surface area contributed by atoms with Crippen molar-refractivity contribution < 1.29 is 4.84 Å². The summed E-state index contributed by atoms with van der Waals surface area (Å²) in [5, 5.41) is 1.97. The van der Waals surface area contributed by atoms with Gasteiger partial charge in [0.2, 0.25) is 0 Å². The van der Waals surface area contributed by atoms with Crippen LogP contribution in [0.1, 0.15) is 13.8 Å². The summed E-state index contributed by atoms with van der Waals surface area (Å²) in [7, 11) is 1.13. The molecule has 3 heteroatoms. The van der Waals surface area contributed by atoms with E-state index in [0.29, 0.717) is 0 Å². The van der Waals surface area contributed by atoms with Crippen LogP contribution in [0, 0.1) is 0 Å². The number of hydrogen-bond donors (Lipinski definition) is 0. The van der Waals surface area contributed by atoms with Crippen molar-refractivity contribution in [2.24, 2.45) is 0 Å². The molecule has 0 heterocycles. The molecule has 0 bridgehead atoms. The summed E-state index contributed by atoms with van der Waals surface area (Å²) in [4.78, 5) is 5.24. The molecule has 0 spiro atoms. The summed E-state index contributed by atoms with van der Waals surface area (Å²) in [5.41, 5.74) is 0. The van der Waals surface area contributed by atoms with Crippen LogP contribution in [0.5, 0.6) is 0 Å². The van der Waals surface area contributed by atoms with E-state index in [-0.39, 0.29) is 0 Å². The molecule has 0 aromatic rings. The first-order chi connectivity index (χ1) is 3.85. The van der Waals surface area contributed by atoms with Crippen molar-refractivity contribution in [3.63, 3.8) is 0 Å². The molecule has 0 unspecified atom stereocenters. The second-order valence-corrected chi connectivity index (χ2v) is 2.11. The van der Waals surface area contributed by atoms with E-state index < -0.39 is 0 Å². The quantitative estimate of drug-likeness (QED) is 0.381. The second-order valence-electron chi connectivity index (χ2n) is 1.53. The molecule has 0 aliphatic carbocycles. The van der Waals surface area contributed by atoms with Crippen LogP contribution in [0.25, 0.3) is 0 Å². The van der Waals surface area contributed by atoms with Crippen molar-refractivity contribution in [2.75, 3.05) is 19.3 Å². The van der Waals surface area contributed by atoms with Gasteiger partial charge in [0.05, 0.1) is 0 Å². The second kappa shape index (κ2) is 5.28. The molecule has 0 rings (SSSR count). The third-order valence-electron chi connectivity index (χ3n) is 1.02. The van der Waals surface area contributed by atoms with E-state index in [9.17, 15) is 0 Å². The van der Waals surface area contributed by atoms with Crippen LogP contribution < -0.4 is 0 Å². The van der Waals surface area contributed by atoms with Gasteiger partial charge in [0, 0.05) is 29.6 Å². The lowest BCUT2D eigenvalue weighted by atomic mass is 10.6. The summed E-state index contributed by atoms with van der Waals surface area (Å²) in [5.74, 6) is 0. The van der Waals surface area contributed by atoms with Gasteiger partial charge in [0.25, 0.3) is 0 Å². The largest absolute Gasteiger partial charge is 0.304 e. The van der Waals surface area contributed by atoms with E-state index in [4.69, 9.17) is 4.84 Å². The Hall–Kier alpha value is 0.137. The molecule has 0 saturated heterocycles. The lowest BCUT2D eigenvalue weighted by molar-refractivity contribution is -0.133. The molecule has 0 aliphatic heterocycles. The van der Waals surface area contributed by atoms with Gasteiger partial charge in [0.15, 0.2) is 0 Å². The summed E-state index contributed by atoms with van der Waals surface area (Å²) in [6, 6.07) is 0. The molecule has 0 radical (unpaired) electrons. The topological polar surface area (TPSA) is 12.5 Å². The van der Waals surface area contributed by atoms with Crippen molar-refractivity contribution in [1.82, 2.24) is 5.06 Å². The SMILES string of the molecule is CCN(CC)OC[SiH3]. The highest BCUT2D eigenvalue weighted by molar-refractivity contribution is 6.08. The standard InChI is InChI=1S/C5H15NOSi/c1-3-6(4-2)7-5-8/h3-5H2,1-2,8H3. The van der Waals surface area contributed by atoms with Crippen LogP contribution in [-0.2, 0) is 4.84 Å². The van der Waals surface area contributed by atoms with Crippen molar-refractivity contribution in [3.8, 4) is 0 Å². The van der Waals surface area contributed by atoms with Crippen molar-refractivity contribution in [1.29, 1.82) is 0 Å². The van der Waals surface area contributed by atoms with Gasteiger partial charge in [-0.25, -0.2) is 0 Å². The molecule has 0 aromatic carbocycles. The van der Waals surface area contributed by atoms with Crippen molar-refractivity contribution in [2.45, 2.75) is 13.8 Å². The fourth-order valence-corrected chi connectivity index (χ4v) is 0.954. The van der Waals surface area contributed by atoms with E-state index in [1.54, 1.807) is 0 Å². The van der Waals surface area contributed by atoms with E-state index in [2.05, 4.69) is 13.8 Å². The van der Waals surface area contributed by atoms with Crippen LogP contribution in [0.4, 0.5) is 0 Å². The maximum Gasteiger partial charge on any atom is 0.0495 e. The van der Waals surface area contributed by atoms with Crippen LogP contribution in [0.15, 0.2) is 0 Å². The smallest absolute Gasteiger partial charge is 0.0495 e. The van der Waals surface area contributed by atoms with Crippen LogP contribution in [0.2, 0.25) is 0 Å². The molecule has 0 aromatic heterocycles. The lowest BCUT2D eigenvalue weighted by Gasteiger charge is -2.15. The highest BCUT2D eigenvalue weighted by Gasteiger charge is 1.93. The van der Waals surface area contributed by atoms with Gasteiger partial charge in [-0.05, 0) is 0 Å². The van der Waals surface area contributed by atoms with Gasteiger partial charge in [-0.2, -0.15) is 5.06 Å². The fourth-order valence-electron chi connectivity index (χ4n) is 0.589. The van der Waals surface area contributed by atoms with Crippen LogP contribution >= 0.6 is 0 Å². The lowest BCUT2D eigenvalue weighted by Crippen LogP contribution is -2.23. The summed E-state index contributed by atoms with van der Waals surface area (Å²) < 4.78 is 0. The van der Waals surface area contributed by atoms with Crippen molar-refractivity contribution >= 4 is 10.2 Å². The van der Waals surface area contributed by atoms with E-state index >= 15 is 0 Å². The zero-order valence-electron chi connectivity index (χ0n) is 5.98. The van der Waals surface area contributed by atoms with E-state index in [1.807, 2.05) is 5.06 Å². The zero-order chi connectivity index (χ0) is 6.41. The minimum absolute atomic E-state index is 0.918. The molecular weight excluding hydrogens is 118 g/mol. The van der Waals surface area contributed by atoms with E-state index in [0.717, 1.165) is 29.6 Å². The predicted molar refractivity (Wildman–Crippen MR) is 38.8 cm³/mol. The first-order valence-electron chi connectivity index (χ1n) is 3.23. The maximum atomic E-state index is 5.24. The van der Waals surface area contributed by atoms with Gasteiger partial charge in [-0.15, -0.1) is 0 Å². The average Bonchev–Trinajstić information content (AvgIpc) is 1.83. The first kappa shape index (κ1) is 8.14. The molecule has 0 atom stereocenters. The minimum Gasteiger partial charge on any atom is -0.304 e. The highest BCUT2D eigenvalue weighted by atomic mass is 28.1. The molecule has 2 nitrogen and oxygen atoms in total. The average molecular weight is 133 g/mol. The Kier molecular flexibility index (Phi) is 5.37. The predicted octanol–water partition coefficient (Wildman–Crippen LogP) is -0.417. The Balaban J connectivity index is 3.07. The number of rotatable bonds is 4. The third-order valence-corrected chi connectivity index (χ3v) is 1.28. The van der Waals surface area contributed by atoms with Gasteiger partial charge >= 0.3 is 0 Å². The number of hydroxylamine groups is 2. The Morgan fingerprint density at radius 3 is 2.00 bits per heavy atom. The summed E-state index contributed by atoms with van der Waals surface area (Å²) >= 11 is 0. The third kappa shape index (κ3) is 3.18. The number of nitrogens with zero attached hydrogens (tertiary/aromatic N) is 1. The molecule has 0 N–H and O–H groups in total. The van der Waals surface area contributed by atoms with Gasteiger partial charge in [-0.1, -0.05) is 13.8 Å². The molecule has 0 amide bonds. The zero-order valence-corrected chi connectivity index (χ0v) is 7.98. The van der Waals surface area contributed by atoms with Crippen molar-refractivity contribution in [3.05, 3.63) is 0 Å². The minimum atomic E-state index is 0.918. The first-order valence-corrected chi connectivity index (χ1v) is 4.64. The van der Waals surface area contributed by atoms with E-state index in [1.165, 1.54) is 0 Å². The van der Waals surface area contributed by atoms with Gasteiger partial charge < -0.3 is 4.84 Å². The number of hydrogen-bond acceptors (Lipinski definition) is 2. The van der Waals surface area contributed by atoms with Gasteiger partial charge in [0.1, 0.15) is 0 Å². The molecular formula is C5H15NOSi. The Morgan fingerprint density at radius 2 is 1.88 bits per heavy atom. The summed E-state index contributed by atoms with van der Waals surface area (Å²) in [6.45, 7) is 6.19. The normalized spacial score (nSPS) is 10.9. The molecule has 8 heavy (non-hydrogen) atoms. The molecule has 50 valence electrons. The maximum absolute atomic E-state index is 5.24. The molecule has 0 saturated carbocycles. The highest BCUT2D eigenvalue weighted by Crippen LogP contribution is 1.84. The van der Waals surface area contributed by atoms with Gasteiger partial charge in [-0.3, -0.25) is 0 Å². The van der Waals surface area contributed by atoms with Crippen LogP contribution in [-0.4, -0.2) is 34.6 Å². The molecule has 0 aliphatic rings. The fraction of sp³-hybridized carbons (Fsp3) is 1.00. The Labute approximate surface area is 54.2 Å². The Morgan fingerprint density at radius 1 is 1.38 bits per heavy atom.